The summed E-state index contributed by atoms with van der Waals surface area (Å²) in [7, 11) is 0. The third-order valence-corrected chi connectivity index (χ3v) is 5.90. The summed E-state index contributed by atoms with van der Waals surface area (Å²) < 4.78 is 1.66. The third kappa shape index (κ3) is 6.98. The number of hydrogen-bond donors (Lipinski definition) is 2. The Balaban J connectivity index is 1.37. The molecule has 0 bridgehead atoms. The molecule has 3 rings (SSSR count). The van der Waals surface area contributed by atoms with E-state index < -0.39 is 0 Å². The Kier molecular flexibility index (Phi) is 7.93. The van der Waals surface area contributed by atoms with Crippen LogP contribution in [0.2, 0.25) is 0 Å². The molecular formula is C20H21N7O2Se. The number of rotatable bonds is 10. The number of unbranched alkanes of at least 4 members (excludes halogenated alkanes) is 1. The summed E-state index contributed by atoms with van der Waals surface area (Å²) in [5, 5.41) is 21.8. The number of hydrogen-bond acceptors (Lipinski definition) is 7. The van der Waals surface area contributed by atoms with Gasteiger partial charge in [-0.05, 0) is 0 Å². The van der Waals surface area contributed by atoms with E-state index in [2.05, 4.69) is 42.6 Å². The predicted molar refractivity (Wildman–Crippen MR) is 113 cm³/mol. The number of nitrogens with one attached hydrogen (secondary N) is 2. The van der Waals surface area contributed by atoms with Gasteiger partial charge in [-0.2, -0.15) is 0 Å². The van der Waals surface area contributed by atoms with E-state index in [0.29, 0.717) is 10.5 Å². The van der Waals surface area contributed by atoms with Crippen LogP contribution in [0.4, 0.5) is 10.5 Å². The van der Waals surface area contributed by atoms with E-state index in [1.54, 1.807) is 12.3 Å². The summed E-state index contributed by atoms with van der Waals surface area (Å²) in [4.78, 5) is 27.5. The number of nitrogens with zero attached hydrogens (tertiary/aromatic N) is 5. The second-order valence-corrected chi connectivity index (χ2v) is 8.59. The maximum absolute atomic E-state index is 12.1. The van der Waals surface area contributed by atoms with Crippen LogP contribution in [0, 0.1) is 0 Å². The number of anilines is 2. The molecule has 0 aliphatic rings. The molecule has 0 atom stereocenters. The van der Waals surface area contributed by atoms with E-state index in [0.717, 1.165) is 41.6 Å². The van der Waals surface area contributed by atoms with Gasteiger partial charge in [0, 0.05) is 0 Å². The van der Waals surface area contributed by atoms with Crippen LogP contribution in [-0.4, -0.2) is 51.7 Å². The third-order valence-electron chi connectivity index (χ3n) is 4.01. The monoisotopic (exact) mass is 471 g/mol. The van der Waals surface area contributed by atoms with Crippen LogP contribution < -0.4 is 10.6 Å². The molecule has 0 spiro atoms. The Bertz CT molecular complexity index is 990. The fourth-order valence-electron chi connectivity index (χ4n) is 2.56. The number of carbonyl (C=O) groups is 2. The number of amides is 2. The van der Waals surface area contributed by atoms with Crippen LogP contribution in [0.5, 0.6) is 0 Å². The molecule has 0 saturated heterocycles. The van der Waals surface area contributed by atoms with Gasteiger partial charge < -0.3 is 0 Å². The topological polar surface area (TPSA) is 123 Å². The van der Waals surface area contributed by atoms with Crippen molar-refractivity contribution in [3.05, 3.63) is 65.1 Å². The SMILES string of the molecule is C=CC(=O)Nc1ccc(CCCCc2nnc(NC(=O)Cc3ccccn3)[se]2)nn1. The second kappa shape index (κ2) is 11.1. The zero-order valence-corrected chi connectivity index (χ0v) is 18.0. The molecule has 0 saturated carbocycles. The van der Waals surface area contributed by atoms with Gasteiger partial charge in [-0.1, -0.05) is 6.58 Å². The summed E-state index contributed by atoms with van der Waals surface area (Å²) in [6, 6.07) is 9.06. The van der Waals surface area contributed by atoms with Crippen LogP contribution in [0.1, 0.15) is 28.8 Å². The van der Waals surface area contributed by atoms with Crippen molar-refractivity contribution >= 4 is 36.8 Å². The van der Waals surface area contributed by atoms with Crippen molar-refractivity contribution in [1.82, 2.24) is 25.4 Å². The van der Waals surface area contributed by atoms with Crippen molar-refractivity contribution in [3.63, 3.8) is 0 Å². The van der Waals surface area contributed by atoms with Crippen LogP contribution >= 0.6 is 0 Å². The molecule has 2 amide bonds. The van der Waals surface area contributed by atoms with Gasteiger partial charge in [0.05, 0.1) is 0 Å². The normalized spacial score (nSPS) is 10.4. The molecular weight excluding hydrogens is 449 g/mol. The first-order valence-corrected chi connectivity index (χ1v) is 11.1. The molecule has 154 valence electrons. The molecule has 10 heteroatoms. The van der Waals surface area contributed by atoms with Crippen molar-refractivity contribution in [2.24, 2.45) is 0 Å². The molecule has 0 unspecified atom stereocenters. The van der Waals surface area contributed by atoms with Crippen LogP contribution in [0.15, 0.2) is 49.2 Å². The van der Waals surface area contributed by atoms with E-state index >= 15 is 0 Å². The minimum atomic E-state index is -0.314. The minimum absolute atomic E-state index is 0.0510. The van der Waals surface area contributed by atoms with Gasteiger partial charge in [0.1, 0.15) is 0 Å². The van der Waals surface area contributed by atoms with Gasteiger partial charge in [-0.25, -0.2) is 0 Å². The summed E-state index contributed by atoms with van der Waals surface area (Å²) in [6.07, 6.45) is 6.58. The van der Waals surface area contributed by atoms with Gasteiger partial charge in [-0.3, -0.25) is 0 Å². The summed E-state index contributed by atoms with van der Waals surface area (Å²) >= 11 is -0.0510. The van der Waals surface area contributed by atoms with Gasteiger partial charge in [0.25, 0.3) is 0 Å². The van der Waals surface area contributed by atoms with E-state index in [1.807, 2.05) is 24.3 Å². The Labute approximate surface area is 179 Å². The number of carbonyl (C=O) groups excluding carboxylic acids is 2. The van der Waals surface area contributed by atoms with E-state index in [4.69, 9.17) is 0 Å². The number of aromatic nitrogens is 5. The van der Waals surface area contributed by atoms with Crippen molar-refractivity contribution < 1.29 is 9.59 Å². The van der Waals surface area contributed by atoms with Crippen molar-refractivity contribution in [3.8, 4) is 0 Å². The fraction of sp³-hybridized carbons (Fsp3) is 0.250. The number of pyridine rings is 1. The number of aryl methyl sites for hydroxylation is 2. The first-order chi connectivity index (χ1) is 14.6. The average Bonchev–Trinajstić information content (AvgIpc) is 3.20. The maximum atomic E-state index is 12.1. The van der Waals surface area contributed by atoms with Crippen molar-refractivity contribution in [2.75, 3.05) is 10.6 Å². The van der Waals surface area contributed by atoms with E-state index in [-0.39, 0.29) is 32.7 Å². The Morgan fingerprint density at radius 2 is 1.83 bits per heavy atom. The molecule has 3 heterocycles. The Hall–Kier alpha value is -3.23. The zero-order valence-electron chi connectivity index (χ0n) is 16.2. The van der Waals surface area contributed by atoms with Crippen LogP contribution in [-0.2, 0) is 28.9 Å². The first-order valence-electron chi connectivity index (χ1n) is 9.40. The quantitative estimate of drug-likeness (QED) is 0.262. The molecule has 3 aromatic rings. The summed E-state index contributed by atoms with van der Waals surface area (Å²) in [5.74, 6) is -0.0377. The Morgan fingerprint density at radius 1 is 0.967 bits per heavy atom. The fourth-order valence-corrected chi connectivity index (χ4v) is 4.23. The molecule has 0 aromatic carbocycles. The molecule has 30 heavy (non-hydrogen) atoms. The van der Waals surface area contributed by atoms with Gasteiger partial charge in [0.2, 0.25) is 0 Å². The molecule has 0 aliphatic carbocycles. The standard InChI is InChI=1S/C20H21N7O2Se/c1-2-17(28)22-16-11-10-14(24-25-16)7-3-4-9-19-26-27-20(30-19)23-18(29)13-15-8-5-6-12-21-15/h2,5-6,8,10-12H,1,3-4,7,9,13H2,(H,22,25,28)(H,23,27,29). The Morgan fingerprint density at radius 3 is 2.57 bits per heavy atom. The molecule has 3 aromatic heterocycles. The van der Waals surface area contributed by atoms with Crippen LogP contribution in [0.25, 0.3) is 0 Å². The summed E-state index contributed by atoms with van der Waals surface area (Å²) in [5.41, 5.74) is 1.59. The second-order valence-electron chi connectivity index (χ2n) is 6.36. The zero-order chi connectivity index (χ0) is 21.2. The first kappa shape index (κ1) is 21.5. The molecule has 0 fully saturated rings. The van der Waals surface area contributed by atoms with E-state index in [1.165, 1.54) is 6.08 Å². The van der Waals surface area contributed by atoms with Gasteiger partial charge in [-0.15, -0.1) is 0 Å². The summed E-state index contributed by atoms with van der Waals surface area (Å²) in [6.45, 7) is 3.39. The molecule has 2 N–H and O–H groups in total. The molecule has 0 radical (unpaired) electrons. The van der Waals surface area contributed by atoms with Gasteiger partial charge >= 0.3 is 173 Å². The van der Waals surface area contributed by atoms with E-state index in [9.17, 15) is 9.59 Å². The average molecular weight is 470 g/mol. The van der Waals surface area contributed by atoms with Crippen molar-refractivity contribution in [1.29, 1.82) is 0 Å². The van der Waals surface area contributed by atoms with Gasteiger partial charge in [0.15, 0.2) is 0 Å². The molecule has 0 aliphatic heterocycles. The van der Waals surface area contributed by atoms with Crippen LogP contribution in [0.3, 0.4) is 0 Å². The van der Waals surface area contributed by atoms with Crippen molar-refractivity contribution in [2.45, 2.75) is 32.1 Å². The molecule has 9 nitrogen and oxygen atoms in total. The predicted octanol–water partition coefficient (Wildman–Crippen LogP) is 1.59.